The van der Waals surface area contributed by atoms with Gasteiger partial charge in [0.2, 0.25) is 0 Å². The summed E-state index contributed by atoms with van der Waals surface area (Å²) in [5.74, 6) is 0.368. The average Bonchev–Trinajstić information content (AvgIpc) is 3.32. The van der Waals surface area contributed by atoms with Crippen LogP contribution in [0, 0.1) is 0 Å². The van der Waals surface area contributed by atoms with Gasteiger partial charge >= 0.3 is 15.5 Å². The number of benzene rings is 3. The number of thioether (sulfide) groups is 1. The average molecular weight is 629 g/mol. The Kier molecular flexibility index (Phi) is 9.16. The zero-order chi connectivity index (χ0) is 30.6. The number of rotatable bonds is 8. The van der Waals surface area contributed by atoms with Crippen LogP contribution in [-0.4, -0.2) is 32.0 Å². The molecule has 2 N–H and O–H groups in total. The Morgan fingerprint density at radius 2 is 1.63 bits per heavy atom. The van der Waals surface area contributed by atoms with Gasteiger partial charge in [-0.25, -0.2) is 4.99 Å². The molecule has 12 heteroatoms. The van der Waals surface area contributed by atoms with Gasteiger partial charge in [0.1, 0.15) is 0 Å². The van der Waals surface area contributed by atoms with Crippen LogP contribution in [0.15, 0.2) is 82.7 Å². The van der Waals surface area contributed by atoms with E-state index in [9.17, 15) is 26.4 Å². The number of hydrogen-bond donors (Lipinski definition) is 2. The topological polar surface area (TPSA) is 90.9 Å². The molecule has 3 aromatic carbocycles. The van der Waals surface area contributed by atoms with Gasteiger partial charge in [-0.05, 0) is 89.7 Å². The number of nitrogens with one attached hydrogen (secondary N) is 2. The van der Waals surface area contributed by atoms with Crippen LogP contribution < -0.4 is 14.9 Å². The lowest BCUT2D eigenvalue weighted by molar-refractivity contribution is -0.115. The van der Waals surface area contributed by atoms with Crippen LogP contribution in [0.5, 0.6) is 0 Å². The Balaban J connectivity index is 1.18. The first-order valence-electron chi connectivity index (χ1n) is 13.9. The van der Waals surface area contributed by atoms with E-state index >= 15 is 0 Å². The zero-order valence-corrected chi connectivity index (χ0v) is 25.0. The fourth-order valence-corrected chi connectivity index (χ4v) is 6.49. The molecular weight excluding hydrogens is 597 g/mol. The van der Waals surface area contributed by atoms with Crippen molar-refractivity contribution in [3.05, 3.63) is 94.4 Å². The van der Waals surface area contributed by atoms with Gasteiger partial charge < -0.3 is 10.2 Å². The van der Waals surface area contributed by atoms with Crippen molar-refractivity contribution >= 4 is 56.0 Å². The number of carbonyl (C=O) groups excluding carboxylic acids is 1. The molecule has 0 atom stereocenters. The van der Waals surface area contributed by atoms with E-state index in [1.807, 2.05) is 31.3 Å². The number of hydrogen-bond acceptors (Lipinski definition) is 6. The molecule has 5 rings (SSSR count). The molecule has 0 aromatic heterocycles. The van der Waals surface area contributed by atoms with Gasteiger partial charge in [-0.15, -0.1) is 0 Å². The number of amidine groups is 1. The smallest absolute Gasteiger partial charge is 0.370 e. The van der Waals surface area contributed by atoms with E-state index in [0.29, 0.717) is 21.7 Å². The minimum Gasteiger partial charge on any atom is -0.370 e. The Morgan fingerprint density at radius 3 is 2.26 bits per heavy atom. The van der Waals surface area contributed by atoms with Crippen molar-refractivity contribution in [3.63, 3.8) is 0 Å². The standard InChI is InChI=1S/C31H31F3N4O3S2/c1-38(20-22-7-11-24(12-8-22)23-5-3-2-4-6-23)27-17-9-21(10-18-27)19-28-29(39)36-30(42-28)35-25-13-15-26(16-14-25)37-43(40,41)31(32,33)34/h7-19,23,37H,2-6,20H2,1H3,(H,35,36,39). The van der Waals surface area contributed by atoms with Gasteiger partial charge in [-0.2, -0.15) is 21.6 Å². The van der Waals surface area contributed by atoms with Crippen molar-refractivity contribution in [3.8, 4) is 0 Å². The summed E-state index contributed by atoms with van der Waals surface area (Å²) in [7, 11) is -3.47. The zero-order valence-electron chi connectivity index (χ0n) is 23.4. The highest BCUT2D eigenvalue weighted by atomic mass is 32.2. The SMILES string of the molecule is CN(Cc1ccc(C2CCCCC2)cc1)c1ccc(C=C2SC(=Nc3ccc(NS(=O)(=O)C(F)(F)F)cc3)NC2=O)cc1. The number of sulfonamides is 1. The molecule has 2 aliphatic rings. The van der Waals surface area contributed by atoms with Crippen molar-refractivity contribution in [1.82, 2.24) is 5.32 Å². The molecule has 1 amide bonds. The van der Waals surface area contributed by atoms with E-state index in [1.54, 1.807) is 6.08 Å². The number of aliphatic imine (C=N–C) groups is 1. The number of nitrogens with zero attached hydrogens (tertiary/aromatic N) is 2. The number of amides is 1. The summed E-state index contributed by atoms with van der Waals surface area (Å²) >= 11 is 1.13. The minimum atomic E-state index is -5.51. The van der Waals surface area contributed by atoms with Gasteiger partial charge in [0, 0.05) is 25.0 Å². The van der Waals surface area contributed by atoms with Gasteiger partial charge in [0.15, 0.2) is 5.17 Å². The number of alkyl halides is 3. The molecule has 0 bridgehead atoms. The van der Waals surface area contributed by atoms with Crippen LogP contribution in [0.4, 0.5) is 30.2 Å². The van der Waals surface area contributed by atoms with E-state index in [0.717, 1.165) is 41.7 Å². The Morgan fingerprint density at radius 1 is 0.977 bits per heavy atom. The van der Waals surface area contributed by atoms with Crippen molar-refractivity contribution in [1.29, 1.82) is 0 Å². The van der Waals surface area contributed by atoms with Crippen LogP contribution in [0.3, 0.4) is 0 Å². The van der Waals surface area contributed by atoms with E-state index in [4.69, 9.17) is 0 Å². The maximum Gasteiger partial charge on any atom is 0.516 e. The third-order valence-corrected chi connectivity index (χ3v) is 9.44. The summed E-state index contributed by atoms with van der Waals surface area (Å²) in [5.41, 5.74) is -0.772. The second-order valence-electron chi connectivity index (χ2n) is 10.6. The largest absolute Gasteiger partial charge is 0.516 e. The maximum absolute atomic E-state index is 12.6. The predicted octanol–water partition coefficient (Wildman–Crippen LogP) is 7.52. The Hall–Kier alpha value is -3.77. The summed E-state index contributed by atoms with van der Waals surface area (Å²) < 4.78 is 61.7. The molecule has 1 heterocycles. The molecule has 0 spiro atoms. The summed E-state index contributed by atoms with van der Waals surface area (Å²) in [6, 6.07) is 21.9. The maximum atomic E-state index is 12.6. The first kappa shape index (κ1) is 30.7. The third kappa shape index (κ3) is 7.80. The third-order valence-electron chi connectivity index (χ3n) is 7.41. The second-order valence-corrected chi connectivity index (χ2v) is 13.3. The highest BCUT2D eigenvalue weighted by molar-refractivity contribution is 8.18. The van der Waals surface area contributed by atoms with Crippen molar-refractivity contribution in [2.75, 3.05) is 16.7 Å². The molecule has 1 saturated carbocycles. The van der Waals surface area contributed by atoms with Gasteiger partial charge in [-0.1, -0.05) is 55.7 Å². The number of anilines is 2. The molecule has 1 aliphatic heterocycles. The summed E-state index contributed by atoms with van der Waals surface area (Å²) in [6.07, 6.45) is 8.32. The lowest BCUT2D eigenvalue weighted by Gasteiger charge is -2.23. The molecule has 0 unspecified atom stereocenters. The molecule has 2 fully saturated rings. The van der Waals surface area contributed by atoms with Crippen LogP contribution >= 0.6 is 11.8 Å². The van der Waals surface area contributed by atoms with E-state index < -0.39 is 15.5 Å². The molecule has 226 valence electrons. The molecule has 7 nitrogen and oxygen atoms in total. The molecular formula is C31H31F3N4O3S2. The van der Waals surface area contributed by atoms with Gasteiger partial charge in [0.05, 0.1) is 10.6 Å². The molecule has 43 heavy (non-hydrogen) atoms. The first-order chi connectivity index (χ1) is 20.5. The van der Waals surface area contributed by atoms with Crippen LogP contribution in [-0.2, 0) is 21.4 Å². The lowest BCUT2D eigenvalue weighted by atomic mass is 9.84. The predicted molar refractivity (Wildman–Crippen MR) is 167 cm³/mol. The van der Waals surface area contributed by atoms with Crippen molar-refractivity contribution in [2.24, 2.45) is 4.99 Å². The van der Waals surface area contributed by atoms with Crippen LogP contribution in [0.2, 0.25) is 0 Å². The second kappa shape index (κ2) is 12.8. The number of carbonyl (C=O) groups is 1. The quantitative estimate of drug-likeness (QED) is 0.252. The fourth-order valence-electron chi connectivity index (χ4n) is 5.09. The van der Waals surface area contributed by atoms with E-state index in [2.05, 4.69) is 39.5 Å². The molecule has 1 saturated heterocycles. The normalized spacial score (nSPS) is 18.2. The lowest BCUT2D eigenvalue weighted by Crippen LogP contribution is -2.29. The summed E-state index contributed by atoms with van der Waals surface area (Å²) in [5, 5.41) is 2.96. The van der Waals surface area contributed by atoms with E-state index in [1.165, 1.54) is 60.1 Å². The van der Waals surface area contributed by atoms with Crippen LogP contribution in [0.25, 0.3) is 6.08 Å². The highest BCUT2D eigenvalue weighted by Gasteiger charge is 2.46. The molecule has 0 radical (unpaired) electrons. The van der Waals surface area contributed by atoms with Crippen molar-refractivity contribution < 1.29 is 26.4 Å². The molecule has 1 aliphatic carbocycles. The Bertz CT molecular complexity index is 1610. The van der Waals surface area contributed by atoms with Crippen LogP contribution in [0.1, 0.15) is 54.7 Å². The summed E-state index contributed by atoms with van der Waals surface area (Å²) in [4.78, 5) is 19.4. The number of halogens is 3. The van der Waals surface area contributed by atoms with E-state index in [-0.39, 0.29) is 11.6 Å². The van der Waals surface area contributed by atoms with Gasteiger partial charge in [0.25, 0.3) is 5.91 Å². The Labute approximate surface area is 253 Å². The monoisotopic (exact) mass is 628 g/mol. The minimum absolute atomic E-state index is 0.258. The fraction of sp³-hybridized carbons (Fsp3) is 0.290. The summed E-state index contributed by atoms with van der Waals surface area (Å²) in [6.45, 7) is 0.776. The van der Waals surface area contributed by atoms with Crippen molar-refractivity contribution in [2.45, 2.75) is 50.1 Å². The highest BCUT2D eigenvalue weighted by Crippen LogP contribution is 2.33. The molecule has 3 aromatic rings. The first-order valence-corrected chi connectivity index (χ1v) is 16.2. The van der Waals surface area contributed by atoms with Gasteiger partial charge in [-0.3, -0.25) is 9.52 Å².